The first kappa shape index (κ1) is 15.6. The van der Waals surface area contributed by atoms with Crippen molar-refractivity contribution in [2.24, 2.45) is 0 Å². The third kappa shape index (κ3) is 3.16. The summed E-state index contributed by atoms with van der Waals surface area (Å²) in [5, 5.41) is 3.85. The third-order valence-corrected chi connectivity index (χ3v) is 5.51. The first-order chi connectivity index (χ1) is 11.7. The minimum atomic E-state index is -0.148. The molecular formula is C18H20N2O3S. The van der Waals surface area contributed by atoms with Crippen molar-refractivity contribution in [3.8, 4) is 5.88 Å². The van der Waals surface area contributed by atoms with Gasteiger partial charge in [-0.05, 0) is 30.4 Å². The molecule has 1 amide bonds. The number of hydrogen-bond acceptors (Lipinski definition) is 5. The monoisotopic (exact) mass is 344 g/mol. The molecule has 6 heteroatoms. The lowest BCUT2D eigenvalue weighted by molar-refractivity contribution is -0.0396. The van der Waals surface area contributed by atoms with E-state index in [0.29, 0.717) is 12.5 Å². The fourth-order valence-corrected chi connectivity index (χ4v) is 4.13. The summed E-state index contributed by atoms with van der Waals surface area (Å²) in [6, 6.07) is 7.55. The highest BCUT2D eigenvalue weighted by atomic mass is 32.1. The zero-order valence-corrected chi connectivity index (χ0v) is 14.2. The van der Waals surface area contributed by atoms with E-state index in [1.165, 1.54) is 0 Å². The Morgan fingerprint density at radius 2 is 2.21 bits per heavy atom. The van der Waals surface area contributed by atoms with Gasteiger partial charge in [-0.2, -0.15) is 11.3 Å². The lowest BCUT2D eigenvalue weighted by atomic mass is 9.88. The number of pyridine rings is 1. The Labute approximate surface area is 145 Å². The summed E-state index contributed by atoms with van der Waals surface area (Å²) in [6.45, 7) is 2.07. The summed E-state index contributed by atoms with van der Waals surface area (Å²) in [5.41, 5.74) is 0.643. The van der Waals surface area contributed by atoms with Gasteiger partial charge in [-0.25, -0.2) is 4.98 Å². The maximum atomic E-state index is 12.4. The Hall–Kier alpha value is -1.92. The number of aromatic nitrogens is 1. The van der Waals surface area contributed by atoms with E-state index in [1.807, 2.05) is 39.9 Å². The second kappa shape index (κ2) is 6.53. The summed E-state index contributed by atoms with van der Waals surface area (Å²) in [4.78, 5) is 18.6. The zero-order chi connectivity index (χ0) is 16.4. The second-order valence-corrected chi connectivity index (χ2v) is 7.19. The van der Waals surface area contributed by atoms with Crippen LogP contribution in [0.4, 0.5) is 0 Å². The molecule has 0 N–H and O–H groups in total. The molecular weight excluding hydrogens is 324 g/mol. The molecule has 4 rings (SSSR count). The average Bonchev–Trinajstić information content (AvgIpc) is 3.27. The molecule has 5 nitrogen and oxygen atoms in total. The molecule has 0 unspecified atom stereocenters. The first-order valence-electron chi connectivity index (χ1n) is 8.27. The van der Waals surface area contributed by atoms with Crippen molar-refractivity contribution in [1.82, 2.24) is 9.88 Å². The molecule has 0 aromatic carbocycles. The van der Waals surface area contributed by atoms with E-state index in [-0.39, 0.29) is 17.6 Å². The molecule has 2 saturated heterocycles. The van der Waals surface area contributed by atoms with E-state index < -0.39 is 0 Å². The number of carbonyl (C=O) groups excluding carboxylic acids is 1. The molecule has 1 spiro atoms. The fraction of sp³-hybridized carbons (Fsp3) is 0.444. The molecule has 0 radical (unpaired) electrons. The standard InChI is InChI=1S/C18H20N2O3S/c21-17(14-4-10-24-13-14)20-8-5-18(6-9-20)11-15(12-22-18)23-16-3-1-2-7-19-16/h1-4,7,10,13,15H,5-6,8-9,11-12H2/t15-/m0/s1. The largest absolute Gasteiger partial charge is 0.472 e. The molecule has 0 aliphatic carbocycles. The molecule has 1 atom stereocenters. The van der Waals surface area contributed by atoms with E-state index in [1.54, 1.807) is 17.5 Å². The van der Waals surface area contributed by atoms with Gasteiger partial charge in [0.05, 0.1) is 17.8 Å². The van der Waals surface area contributed by atoms with Gasteiger partial charge in [0.25, 0.3) is 5.91 Å². The molecule has 0 saturated carbocycles. The average molecular weight is 344 g/mol. The number of carbonyl (C=O) groups is 1. The first-order valence-corrected chi connectivity index (χ1v) is 9.22. The van der Waals surface area contributed by atoms with Crippen LogP contribution in [0, 0.1) is 0 Å². The van der Waals surface area contributed by atoms with Crippen molar-refractivity contribution in [3.63, 3.8) is 0 Å². The van der Waals surface area contributed by atoms with Gasteiger partial charge in [0.2, 0.25) is 5.88 Å². The van der Waals surface area contributed by atoms with E-state index in [4.69, 9.17) is 9.47 Å². The van der Waals surface area contributed by atoms with Gasteiger partial charge in [0, 0.05) is 37.2 Å². The van der Waals surface area contributed by atoms with Crippen molar-refractivity contribution in [3.05, 3.63) is 46.8 Å². The van der Waals surface area contributed by atoms with E-state index in [9.17, 15) is 4.79 Å². The van der Waals surface area contributed by atoms with Crippen molar-refractivity contribution in [2.75, 3.05) is 19.7 Å². The summed E-state index contributed by atoms with van der Waals surface area (Å²) >= 11 is 1.56. The number of thiophene rings is 1. The Bertz CT molecular complexity index is 682. The molecule has 4 heterocycles. The van der Waals surface area contributed by atoms with Crippen LogP contribution >= 0.6 is 11.3 Å². The minimum absolute atomic E-state index is 0.0408. The van der Waals surface area contributed by atoms with Crippen molar-refractivity contribution < 1.29 is 14.3 Å². The maximum Gasteiger partial charge on any atom is 0.254 e. The summed E-state index contributed by atoms with van der Waals surface area (Å²) in [6.07, 6.45) is 4.37. The second-order valence-electron chi connectivity index (χ2n) is 6.41. The highest BCUT2D eigenvalue weighted by molar-refractivity contribution is 7.08. The molecule has 2 aromatic heterocycles. The number of amides is 1. The fourth-order valence-electron chi connectivity index (χ4n) is 3.50. The molecule has 2 aliphatic heterocycles. The molecule has 2 aromatic rings. The smallest absolute Gasteiger partial charge is 0.254 e. The normalized spacial score (nSPS) is 22.7. The van der Waals surface area contributed by atoms with Gasteiger partial charge in [-0.15, -0.1) is 0 Å². The van der Waals surface area contributed by atoms with Crippen LogP contribution in [0.1, 0.15) is 29.6 Å². The number of rotatable bonds is 3. The number of piperidine rings is 1. The highest BCUT2D eigenvalue weighted by Crippen LogP contribution is 2.37. The van der Waals surface area contributed by atoms with E-state index in [0.717, 1.165) is 37.9 Å². The van der Waals surface area contributed by atoms with Crippen molar-refractivity contribution in [1.29, 1.82) is 0 Å². The van der Waals surface area contributed by atoms with Gasteiger partial charge in [-0.1, -0.05) is 6.07 Å². The predicted molar refractivity (Wildman–Crippen MR) is 91.4 cm³/mol. The van der Waals surface area contributed by atoms with Gasteiger partial charge in [0.15, 0.2) is 0 Å². The Morgan fingerprint density at radius 1 is 1.33 bits per heavy atom. The zero-order valence-electron chi connectivity index (χ0n) is 13.4. The van der Waals surface area contributed by atoms with Crippen molar-refractivity contribution in [2.45, 2.75) is 31.0 Å². The predicted octanol–water partition coefficient (Wildman–Crippen LogP) is 2.99. The summed E-state index contributed by atoms with van der Waals surface area (Å²) in [5.74, 6) is 0.776. The third-order valence-electron chi connectivity index (χ3n) is 4.83. The van der Waals surface area contributed by atoms with E-state index >= 15 is 0 Å². The molecule has 126 valence electrons. The summed E-state index contributed by atoms with van der Waals surface area (Å²) in [7, 11) is 0. The summed E-state index contributed by atoms with van der Waals surface area (Å²) < 4.78 is 12.0. The highest BCUT2D eigenvalue weighted by Gasteiger charge is 2.44. The van der Waals surface area contributed by atoms with Crippen LogP contribution in [-0.2, 0) is 4.74 Å². The van der Waals surface area contributed by atoms with Crippen molar-refractivity contribution >= 4 is 17.2 Å². The van der Waals surface area contributed by atoms with Crippen LogP contribution in [0.25, 0.3) is 0 Å². The Morgan fingerprint density at radius 3 is 2.92 bits per heavy atom. The Kier molecular flexibility index (Phi) is 4.24. The molecule has 0 bridgehead atoms. The van der Waals surface area contributed by atoms with Gasteiger partial charge >= 0.3 is 0 Å². The van der Waals surface area contributed by atoms with Gasteiger partial charge in [0.1, 0.15) is 6.10 Å². The van der Waals surface area contributed by atoms with Crippen LogP contribution in [-0.4, -0.2) is 47.2 Å². The minimum Gasteiger partial charge on any atom is -0.472 e. The Balaban J connectivity index is 1.33. The van der Waals surface area contributed by atoms with Crippen LogP contribution in [0.3, 0.4) is 0 Å². The number of hydrogen-bond donors (Lipinski definition) is 0. The lowest BCUT2D eigenvalue weighted by Gasteiger charge is -2.38. The van der Waals surface area contributed by atoms with Gasteiger partial charge < -0.3 is 14.4 Å². The van der Waals surface area contributed by atoms with Crippen LogP contribution in [0.2, 0.25) is 0 Å². The number of nitrogens with zero attached hydrogens (tertiary/aromatic N) is 2. The quantitative estimate of drug-likeness (QED) is 0.859. The van der Waals surface area contributed by atoms with Crippen LogP contribution in [0.5, 0.6) is 5.88 Å². The number of likely N-dealkylation sites (tertiary alicyclic amines) is 1. The van der Waals surface area contributed by atoms with Crippen LogP contribution < -0.4 is 4.74 Å². The maximum absolute atomic E-state index is 12.4. The van der Waals surface area contributed by atoms with E-state index in [2.05, 4.69) is 4.98 Å². The SMILES string of the molecule is O=C(c1ccsc1)N1CCC2(CC1)C[C@H](Oc1ccccn1)CO2. The lowest BCUT2D eigenvalue weighted by Crippen LogP contribution is -2.46. The van der Waals surface area contributed by atoms with Gasteiger partial charge in [-0.3, -0.25) is 4.79 Å². The van der Waals surface area contributed by atoms with Crippen LogP contribution in [0.15, 0.2) is 41.2 Å². The number of ether oxygens (including phenoxy) is 2. The molecule has 2 aliphatic rings. The topological polar surface area (TPSA) is 51.7 Å². The molecule has 2 fully saturated rings. The molecule has 24 heavy (non-hydrogen) atoms.